The summed E-state index contributed by atoms with van der Waals surface area (Å²) in [4.78, 5) is 21.1. The highest BCUT2D eigenvalue weighted by molar-refractivity contribution is 5.96. The number of amides is 1. The summed E-state index contributed by atoms with van der Waals surface area (Å²) in [5.41, 5.74) is 6.26. The molecule has 1 amide bonds. The zero-order valence-electron chi connectivity index (χ0n) is 13.8. The van der Waals surface area contributed by atoms with Crippen molar-refractivity contribution in [1.29, 1.82) is 0 Å². The van der Waals surface area contributed by atoms with Crippen molar-refractivity contribution < 1.29 is 4.79 Å². The van der Waals surface area contributed by atoms with Crippen LogP contribution in [-0.4, -0.2) is 54.6 Å². The van der Waals surface area contributed by atoms with Crippen LogP contribution in [0.3, 0.4) is 0 Å². The predicted octanol–water partition coefficient (Wildman–Crippen LogP) is 1.29. The maximum absolute atomic E-state index is 12.2. The van der Waals surface area contributed by atoms with Crippen LogP contribution in [0.4, 0.5) is 11.5 Å². The molecule has 122 valence electrons. The summed E-state index contributed by atoms with van der Waals surface area (Å²) in [7, 11) is 2.13. The highest BCUT2D eigenvalue weighted by atomic mass is 16.2. The molecule has 0 saturated carbocycles. The van der Waals surface area contributed by atoms with Gasteiger partial charge in [0.15, 0.2) is 0 Å². The van der Waals surface area contributed by atoms with E-state index in [0.29, 0.717) is 12.2 Å². The number of aromatic nitrogens is 1. The quantitative estimate of drug-likeness (QED) is 0.857. The molecule has 0 aromatic carbocycles. The average Bonchev–Trinajstić information content (AvgIpc) is 2.49. The zero-order valence-corrected chi connectivity index (χ0v) is 13.8. The minimum absolute atomic E-state index is 0.186. The molecule has 1 fully saturated rings. The first kappa shape index (κ1) is 16.7. The molecule has 0 radical (unpaired) electrons. The van der Waals surface area contributed by atoms with Crippen LogP contribution in [0.5, 0.6) is 0 Å². The summed E-state index contributed by atoms with van der Waals surface area (Å²) in [6.07, 6.45) is 3.34. The van der Waals surface area contributed by atoms with Crippen LogP contribution in [0.2, 0.25) is 0 Å². The molecule has 0 bridgehead atoms. The van der Waals surface area contributed by atoms with Crippen LogP contribution in [0.15, 0.2) is 18.3 Å². The Kier molecular flexibility index (Phi) is 5.37. The van der Waals surface area contributed by atoms with Gasteiger partial charge in [-0.3, -0.25) is 4.79 Å². The third-order valence-electron chi connectivity index (χ3n) is 4.15. The molecule has 6 heteroatoms. The van der Waals surface area contributed by atoms with Gasteiger partial charge in [0.2, 0.25) is 5.91 Å². The maximum atomic E-state index is 12.2. The summed E-state index contributed by atoms with van der Waals surface area (Å²) in [5, 5.41) is 2.80. The monoisotopic (exact) mass is 305 g/mol. The predicted molar refractivity (Wildman–Crippen MR) is 90.1 cm³/mol. The van der Waals surface area contributed by atoms with Gasteiger partial charge in [-0.1, -0.05) is 13.3 Å². The van der Waals surface area contributed by atoms with Crippen molar-refractivity contribution in [2.45, 2.75) is 32.2 Å². The molecule has 1 unspecified atom stereocenters. The summed E-state index contributed by atoms with van der Waals surface area (Å²) >= 11 is 0. The zero-order chi connectivity index (χ0) is 16.2. The molecular weight excluding hydrogens is 278 g/mol. The minimum atomic E-state index is -0.855. The Morgan fingerprint density at radius 2 is 2.05 bits per heavy atom. The standard InChI is InChI=1S/C16H27N5O/c1-4-7-16(2,17)15(22)19-14-6-5-13(12-18-14)21-10-8-20(3)9-11-21/h5-6,12H,4,7-11,17H2,1-3H3,(H,18,19,22). The fourth-order valence-corrected chi connectivity index (χ4v) is 2.60. The van der Waals surface area contributed by atoms with E-state index in [4.69, 9.17) is 5.73 Å². The van der Waals surface area contributed by atoms with E-state index >= 15 is 0 Å². The largest absolute Gasteiger partial charge is 0.368 e. The Hall–Kier alpha value is -1.66. The number of hydrogen-bond acceptors (Lipinski definition) is 5. The Morgan fingerprint density at radius 3 is 2.59 bits per heavy atom. The molecule has 1 aromatic heterocycles. The van der Waals surface area contributed by atoms with Crippen molar-refractivity contribution in [2.75, 3.05) is 43.4 Å². The van der Waals surface area contributed by atoms with Crippen LogP contribution < -0.4 is 16.0 Å². The van der Waals surface area contributed by atoms with E-state index in [0.717, 1.165) is 38.3 Å². The van der Waals surface area contributed by atoms with E-state index in [1.165, 1.54) is 0 Å². The molecule has 0 spiro atoms. The Balaban J connectivity index is 1.96. The molecule has 3 N–H and O–H groups in total. The van der Waals surface area contributed by atoms with Gasteiger partial charge in [0.1, 0.15) is 5.82 Å². The molecule has 1 saturated heterocycles. The van der Waals surface area contributed by atoms with Crippen molar-refractivity contribution in [1.82, 2.24) is 9.88 Å². The van der Waals surface area contributed by atoms with Crippen molar-refractivity contribution in [3.05, 3.63) is 18.3 Å². The Morgan fingerprint density at radius 1 is 1.36 bits per heavy atom. The average molecular weight is 305 g/mol. The second-order valence-electron chi connectivity index (χ2n) is 6.31. The van der Waals surface area contributed by atoms with E-state index in [-0.39, 0.29) is 5.91 Å². The number of nitrogens with one attached hydrogen (secondary N) is 1. The Labute approximate surface area is 132 Å². The number of nitrogens with two attached hydrogens (primary N) is 1. The summed E-state index contributed by atoms with van der Waals surface area (Å²) in [6.45, 7) is 7.89. The van der Waals surface area contributed by atoms with E-state index in [2.05, 4.69) is 27.1 Å². The molecule has 22 heavy (non-hydrogen) atoms. The van der Waals surface area contributed by atoms with Crippen LogP contribution in [-0.2, 0) is 4.79 Å². The van der Waals surface area contributed by atoms with E-state index < -0.39 is 5.54 Å². The normalized spacial score (nSPS) is 18.8. The van der Waals surface area contributed by atoms with Gasteiger partial charge >= 0.3 is 0 Å². The van der Waals surface area contributed by atoms with Crippen LogP contribution in [0, 0.1) is 0 Å². The third kappa shape index (κ3) is 4.18. The van der Waals surface area contributed by atoms with Gasteiger partial charge in [-0.2, -0.15) is 0 Å². The Bertz CT molecular complexity index is 492. The van der Waals surface area contributed by atoms with Gasteiger partial charge in [0.25, 0.3) is 0 Å². The van der Waals surface area contributed by atoms with Gasteiger partial charge in [-0.25, -0.2) is 4.98 Å². The number of hydrogen-bond donors (Lipinski definition) is 2. The molecule has 2 heterocycles. The first-order valence-electron chi connectivity index (χ1n) is 7.92. The summed E-state index contributed by atoms with van der Waals surface area (Å²) in [5.74, 6) is 0.366. The second kappa shape index (κ2) is 7.07. The molecular formula is C16H27N5O. The van der Waals surface area contributed by atoms with Crippen molar-refractivity contribution in [2.24, 2.45) is 5.73 Å². The molecule has 1 aliphatic heterocycles. The highest BCUT2D eigenvalue weighted by Crippen LogP contribution is 2.18. The molecule has 2 rings (SSSR count). The number of carbonyl (C=O) groups excluding carboxylic acids is 1. The lowest BCUT2D eigenvalue weighted by molar-refractivity contribution is -0.120. The van der Waals surface area contributed by atoms with Gasteiger partial charge in [-0.15, -0.1) is 0 Å². The minimum Gasteiger partial charge on any atom is -0.368 e. The smallest absolute Gasteiger partial charge is 0.245 e. The van der Waals surface area contributed by atoms with E-state index in [1.54, 1.807) is 6.92 Å². The van der Waals surface area contributed by atoms with Gasteiger partial charge < -0.3 is 20.9 Å². The molecule has 1 aliphatic rings. The number of likely N-dealkylation sites (N-methyl/N-ethyl adjacent to an activating group) is 1. The number of pyridine rings is 1. The molecule has 0 aliphatic carbocycles. The van der Waals surface area contributed by atoms with Crippen molar-refractivity contribution in [3.63, 3.8) is 0 Å². The van der Waals surface area contributed by atoms with Crippen LogP contribution in [0.1, 0.15) is 26.7 Å². The lowest BCUT2D eigenvalue weighted by Crippen LogP contribution is -2.48. The van der Waals surface area contributed by atoms with Gasteiger partial charge in [0, 0.05) is 26.2 Å². The molecule has 1 atom stereocenters. The first-order chi connectivity index (χ1) is 10.4. The van der Waals surface area contributed by atoms with Crippen molar-refractivity contribution >= 4 is 17.4 Å². The second-order valence-corrected chi connectivity index (χ2v) is 6.31. The number of piperazine rings is 1. The lowest BCUT2D eigenvalue weighted by Gasteiger charge is -2.33. The molecule has 1 aromatic rings. The van der Waals surface area contributed by atoms with Crippen molar-refractivity contribution in [3.8, 4) is 0 Å². The number of rotatable bonds is 5. The number of anilines is 2. The summed E-state index contributed by atoms with van der Waals surface area (Å²) in [6, 6.07) is 3.84. The number of carbonyl (C=O) groups is 1. The third-order valence-corrected chi connectivity index (χ3v) is 4.15. The first-order valence-corrected chi connectivity index (χ1v) is 7.92. The maximum Gasteiger partial charge on any atom is 0.245 e. The van der Waals surface area contributed by atoms with Crippen LogP contribution in [0.25, 0.3) is 0 Å². The van der Waals surface area contributed by atoms with Gasteiger partial charge in [0.05, 0.1) is 17.4 Å². The molecule has 6 nitrogen and oxygen atoms in total. The van der Waals surface area contributed by atoms with E-state index in [1.807, 2.05) is 25.3 Å². The lowest BCUT2D eigenvalue weighted by atomic mass is 9.96. The van der Waals surface area contributed by atoms with E-state index in [9.17, 15) is 4.79 Å². The number of nitrogens with zero attached hydrogens (tertiary/aromatic N) is 3. The SMILES string of the molecule is CCCC(C)(N)C(=O)Nc1ccc(N2CCN(C)CC2)cn1. The van der Waals surface area contributed by atoms with Gasteiger partial charge in [-0.05, 0) is 32.5 Å². The van der Waals surface area contributed by atoms with Crippen LogP contribution >= 0.6 is 0 Å². The summed E-state index contributed by atoms with van der Waals surface area (Å²) < 4.78 is 0. The fourth-order valence-electron chi connectivity index (χ4n) is 2.60. The highest BCUT2D eigenvalue weighted by Gasteiger charge is 2.27. The fraction of sp³-hybridized carbons (Fsp3) is 0.625. The topological polar surface area (TPSA) is 74.5 Å².